The minimum absolute atomic E-state index is 0.541. The number of imide groups is 1. The Bertz CT molecular complexity index is 257. The lowest BCUT2D eigenvalue weighted by molar-refractivity contribution is -0.150. The first-order valence-corrected chi connectivity index (χ1v) is 4.01. The largest absolute Gasteiger partial charge is 0.456 e. The van der Waals surface area contributed by atoms with Crippen LogP contribution in [-0.4, -0.2) is 37.0 Å². The zero-order valence-corrected chi connectivity index (χ0v) is 8.36. The summed E-state index contributed by atoms with van der Waals surface area (Å²) in [7, 11) is 0. The van der Waals surface area contributed by atoms with Gasteiger partial charge in [0.25, 0.3) is 11.8 Å². The number of carbonyl (C=O) groups is 4. The first-order valence-electron chi connectivity index (χ1n) is 4.01. The van der Waals surface area contributed by atoms with E-state index in [4.69, 9.17) is 0 Å². The van der Waals surface area contributed by atoms with Gasteiger partial charge < -0.3 is 9.47 Å². The van der Waals surface area contributed by atoms with Gasteiger partial charge in [0, 0.05) is 13.8 Å². The van der Waals surface area contributed by atoms with Crippen LogP contribution in [0.5, 0.6) is 0 Å². The third kappa shape index (κ3) is 8.41. The molecule has 2 amide bonds. The summed E-state index contributed by atoms with van der Waals surface area (Å²) < 4.78 is 8.64. The number of nitrogens with one attached hydrogen (secondary N) is 1. The molecule has 15 heavy (non-hydrogen) atoms. The Morgan fingerprint density at radius 3 is 1.47 bits per heavy atom. The Morgan fingerprint density at radius 2 is 1.20 bits per heavy atom. The molecule has 0 fully saturated rings. The first kappa shape index (κ1) is 13.1. The minimum atomic E-state index is -0.776. The van der Waals surface area contributed by atoms with Crippen LogP contribution in [-0.2, 0) is 28.7 Å². The zero-order chi connectivity index (χ0) is 11.8. The van der Waals surface area contributed by atoms with Crippen LogP contribution in [0.3, 0.4) is 0 Å². The minimum Gasteiger partial charge on any atom is -0.456 e. The standard InChI is InChI=1S/C8H11NO6/c1-5(10)14-3-7(12)9-8(13)4-15-6(2)11/h3-4H2,1-2H3,(H,9,12,13). The monoisotopic (exact) mass is 217 g/mol. The average molecular weight is 217 g/mol. The van der Waals surface area contributed by atoms with Crippen LogP contribution in [0.15, 0.2) is 0 Å². The van der Waals surface area contributed by atoms with E-state index >= 15 is 0 Å². The smallest absolute Gasteiger partial charge is 0.303 e. The Morgan fingerprint density at radius 1 is 0.867 bits per heavy atom. The van der Waals surface area contributed by atoms with Crippen LogP contribution < -0.4 is 5.32 Å². The van der Waals surface area contributed by atoms with E-state index in [2.05, 4.69) is 9.47 Å². The van der Waals surface area contributed by atoms with Crippen LogP contribution in [0.25, 0.3) is 0 Å². The summed E-state index contributed by atoms with van der Waals surface area (Å²) in [5, 5.41) is 1.86. The topological polar surface area (TPSA) is 98.8 Å². The third-order valence-corrected chi connectivity index (χ3v) is 1.09. The van der Waals surface area contributed by atoms with E-state index in [-0.39, 0.29) is 0 Å². The number of esters is 2. The van der Waals surface area contributed by atoms with Crippen LogP contribution in [0.4, 0.5) is 0 Å². The molecule has 0 heterocycles. The lowest BCUT2D eigenvalue weighted by Gasteiger charge is -2.03. The fourth-order valence-corrected chi connectivity index (χ4v) is 0.562. The van der Waals surface area contributed by atoms with Gasteiger partial charge in [-0.1, -0.05) is 0 Å². The molecule has 0 aliphatic carbocycles. The highest BCUT2D eigenvalue weighted by molar-refractivity contribution is 5.97. The quantitative estimate of drug-likeness (QED) is 0.591. The molecule has 0 spiro atoms. The van der Waals surface area contributed by atoms with Gasteiger partial charge in [-0.05, 0) is 0 Å². The molecule has 0 atom stereocenters. The Labute approximate surface area is 85.7 Å². The first-order chi connectivity index (χ1) is 6.91. The molecule has 0 aromatic rings. The maximum atomic E-state index is 10.9. The fraction of sp³-hybridized carbons (Fsp3) is 0.500. The van der Waals surface area contributed by atoms with E-state index in [9.17, 15) is 19.2 Å². The SMILES string of the molecule is CC(=O)OCC(=O)NC(=O)COC(C)=O. The highest BCUT2D eigenvalue weighted by Crippen LogP contribution is 1.79. The lowest BCUT2D eigenvalue weighted by Crippen LogP contribution is -2.36. The molecule has 0 unspecified atom stereocenters. The highest BCUT2D eigenvalue weighted by atomic mass is 16.5. The van der Waals surface area contributed by atoms with Crippen molar-refractivity contribution in [1.29, 1.82) is 0 Å². The number of hydrogen-bond donors (Lipinski definition) is 1. The molecule has 84 valence electrons. The van der Waals surface area contributed by atoms with E-state index in [0.29, 0.717) is 0 Å². The summed E-state index contributed by atoms with van der Waals surface area (Å²) in [5.41, 5.74) is 0. The second kappa shape index (κ2) is 6.52. The fourth-order valence-electron chi connectivity index (χ4n) is 0.562. The normalized spacial score (nSPS) is 8.93. The second-order valence-electron chi connectivity index (χ2n) is 2.53. The van der Waals surface area contributed by atoms with Crippen molar-refractivity contribution in [2.24, 2.45) is 0 Å². The maximum Gasteiger partial charge on any atom is 0.303 e. The zero-order valence-electron chi connectivity index (χ0n) is 8.36. The average Bonchev–Trinajstić information content (AvgIpc) is 2.11. The molecule has 7 nitrogen and oxygen atoms in total. The predicted molar refractivity (Wildman–Crippen MR) is 46.4 cm³/mol. The predicted octanol–water partition coefficient (Wildman–Crippen LogP) is -1.24. The summed E-state index contributed by atoms with van der Waals surface area (Å²) in [6.07, 6.45) is 0. The van der Waals surface area contributed by atoms with Crippen molar-refractivity contribution in [2.45, 2.75) is 13.8 Å². The van der Waals surface area contributed by atoms with Gasteiger partial charge in [0.1, 0.15) is 0 Å². The van der Waals surface area contributed by atoms with E-state index in [1.807, 2.05) is 5.32 Å². The van der Waals surface area contributed by atoms with Crippen molar-refractivity contribution in [3.63, 3.8) is 0 Å². The van der Waals surface area contributed by atoms with E-state index in [1.54, 1.807) is 0 Å². The molecular weight excluding hydrogens is 206 g/mol. The van der Waals surface area contributed by atoms with Gasteiger partial charge in [-0.25, -0.2) is 0 Å². The molecule has 1 N–H and O–H groups in total. The highest BCUT2D eigenvalue weighted by Gasteiger charge is 2.10. The van der Waals surface area contributed by atoms with Crippen molar-refractivity contribution >= 4 is 23.8 Å². The summed E-state index contributed by atoms with van der Waals surface area (Å²) in [6.45, 7) is 1.18. The Balaban J connectivity index is 3.71. The summed E-state index contributed by atoms with van der Waals surface area (Å²) in [4.78, 5) is 42.3. The molecule has 0 bridgehead atoms. The van der Waals surface area contributed by atoms with Gasteiger partial charge >= 0.3 is 11.9 Å². The van der Waals surface area contributed by atoms with Gasteiger partial charge in [-0.15, -0.1) is 0 Å². The van der Waals surface area contributed by atoms with Crippen molar-refractivity contribution in [1.82, 2.24) is 5.32 Å². The molecular formula is C8H11NO6. The van der Waals surface area contributed by atoms with Crippen molar-refractivity contribution in [2.75, 3.05) is 13.2 Å². The van der Waals surface area contributed by atoms with Gasteiger partial charge in [0.05, 0.1) is 0 Å². The van der Waals surface area contributed by atoms with Crippen molar-refractivity contribution in [3.8, 4) is 0 Å². The molecule has 0 rings (SSSR count). The molecule has 0 aliphatic heterocycles. The second-order valence-corrected chi connectivity index (χ2v) is 2.53. The lowest BCUT2D eigenvalue weighted by atomic mass is 10.5. The molecule has 0 aliphatic rings. The molecule has 0 saturated carbocycles. The van der Waals surface area contributed by atoms with Gasteiger partial charge in [-0.2, -0.15) is 0 Å². The molecule has 0 aromatic carbocycles. The number of carbonyl (C=O) groups excluding carboxylic acids is 4. The van der Waals surface area contributed by atoms with Crippen LogP contribution in [0.2, 0.25) is 0 Å². The Kier molecular flexibility index (Phi) is 5.69. The van der Waals surface area contributed by atoms with Gasteiger partial charge in [-0.3, -0.25) is 24.5 Å². The van der Waals surface area contributed by atoms with Crippen molar-refractivity contribution in [3.05, 3.63) is 0 Å². The maximum absolute atomic E-state index is 10.9. The van der Waals surface area contributed by atoms with E-state index in [1.165, 1.54) is 0 Å². The van der Waals surface area contributed by atoms with Gasteiger partial charge in [0.15, 0.2) is 13.2 Å². The molecule has 0 aromatic heterocycles. The summed E-state index contributed by atoms with van der Waals surface area (Å²) in [6, 6.07) is 0. The molecule has 0 radical (unpaired) electrons. The number of ether oxygens (including phenoxy) is 2. The summed E-state index contributed by atoms with van der Waals surface area (Å²) >= 11 is 0. The number of amides is 2. The number of hydrogen-bond acceptors (Lipinski definition) is 6. The third-order valence-electron chi connectivity index (χ3n) is 1.09. The Hall–Kier alpha value is -1.92. The van der Waals surface area contributed by atoms with Crippen LogP contribution >= 0.6 is 0 Å². The van der Waals surface area contributed by atoms with Gasteiger partial charge in [0.2, 0.25) is 0 Å². The van der Waals surface area contributed by atoms with Crippen LogP contribution in [0.1, 0.15) is 13.8 Å². The number of rotatable bonds is 4. The van der Waals surface area contributed by atoms with E-state index < -0.39 is 37.0 Å². The summed E-state index contributed by atoms with van der Waals surface area (Å²) in [5.74, 6) is -2.81. The molecule has 0 saturated heterocycles. The van der Waals surface area contributed by atoms with Crippen LogP contribution in [0, 0.1) is 0 Å². The van der Waals surface area contributed by atoms with Crippen molar-refractivity contribution < 1.29 is 28.7 Å². The molecule has 7 heteroatoms. The van der Waals surface area contributed by atoms with E-state index in [0.717, 1.165) is 13.8 Å².